The zero-order valence-electron chi connectivity index (χ0n) is 45.6. The summed E-state index contributed by atoms with van der Waals surface area (Å²) < 4.78 is 2.64. The van der Waals surface area contributed by atoms with Crippen LogP contribution in [0.3, 0.4) is 0 Å². The van der Waals surface area contributed by atoms with Gasteiger partial charge in [-0.25, -0.2) is 0 Å². The van der Waals surface area contributed by atoms with Crippen LogP contribution in [-0.4, -0.2) is 12.3 Å². The summed E-state index contributed by atoms with van der Waals surface area (Å²) in [5, 5.41) is 2.62. The SMILES string of the molecule is Cc1cc2c3c(c1)N(c1ccc(C(C)(C)C)cc1-c1ccccc1)c1ccc(C(C)(C)C)cc1B3c1ccc(N3c4ccc(-c5ccccc5)cc4C4(C)CCCCC34C)cc1N2c1ccc2sc3ccccc3c2c1. The van der Waals surface area contributed by atoms with Gasteiger partial charge in [-0.05, 0) is 172 Å². The summed E-state index contributed by atoms with van der Waals surface area (Å²) in [7, 11) is 0. The molecule has 0 spiro atoms. The molecular weight excluding hydrogens is 938 g/mol. The molecule has 76 heavy (non-hydrogen) atoms. The Morgan fingerprint density at radius 2 is 1.09 bits per heavy atom. The molecule has 4 heterocycles. The Kier molecular flexibility index (Phi) is 10.4. The lowest BCUT2D eigenvalue weighted by Crippen LogP contribution is -2.61. The van der Waals surface area contributed by atoms with E-state index in [1.807, 2.05) is 11.3 Å². The molecule has 0 amide bonds. The van der Waals surface area contributed by atoms with Crippen LogP contribution < -0.4 is 31.1 Å². The third-order valence-corrected chi connectivity index (χ3v) is 19.5. The lowest BCUT2D eigenvalue weighted by molar-refractivity contribution is 0.195. The molecule has 3 nitrogen and oxygen atoms in total. The number of anilines is 8. The first-order valence-electron chi connectivity index (χ1n) is 27.7. The van der Waals surface area contributed by atoms with E-state index < -0.39 is 0 Å². The molecule has 2 unspecified atom stereocenters. The fourth-order valence-electron chi connectivity index (χ4n) is 14.1. The van der Waals surface area contributed by atoms with E-state index in [0.717, 1.165) is 6.42 Å². The first-order valence-corrected chi connectivity index (χ1v) is 28.6. The first-order chi connectivity index (χ1) is 36.6. The summed E-state index contributed by atoms with van der Waals surface area (Å²) in [5.74, 6) is 0. The van der Waals surface area contributed by atoms with Crippen LogP contribution in [-0.2, 0) is 16.2 Å². The quantitative estimate of drug-likeness (QED) is 0.159. The van der Waals surface area contributed by atoms with Gasteiger partial charge in [-0.1, -0.05) is 171 Å². The Labute approximate surface area is 454 Å². The lowest BCUT2D eigenvalue weighted by Gasteiger charge is -2.50. The number of hydrogen-bond acceptors (Lipinski definition) is 4. The van der Waals surface area contributed by atoms with Crippen molar-refractivity contribution in [2.24, 2.45) is 0 Å². The molecule has 0 radical (unpaired) electrons. The number of rotatable bonds is 5. The highest BCUT2D eigenvalue weighted by Gasteiger charge is 2.58. The zero-order valence-corrected chi connectivity index (χ0v) is 46.4. The van der Waals surface area contributed by atoms with Crippen molar-refractivity contribution in [3.8, 4) is 22.3 Å². The number of benzene rings is 9. The van der Waals surface area contributed by atoms with Crippen molar-refractivity contribution in [1.29, 1.82) is 0 Å². The van der Waals surface area contributed by atoms with Crippen LogP contribution in [0.1, 0.15) is 103 Å². The molecule has 374 valence electrons. The standard InChI is InChI=1S/C71H66BN3S/c1-45-38-63-67-64(39-45)74(59-33-27-49(68(2,3)4)41-54(59)47-22-14-11-15-23-47)61-34-28-50(69(5,6)7)42-58(61)72(67)57-31-29-52(44-62(57)73(63)51-30-35-66-55(43-51)53-24-16-17-25-65(53)76-66)75-60-32-26-48(46-20-12-10-13-21-46)40-56(60)70(8)36-18-19-37-71(70,75)9/h10-17,20-35,38-44H,18-19,36-37H2,1-9H3. The molecule has 2 atom stereocenters. The van der Waals surface area contributed by atoms with E-state index >= 15 is 0 Å². The number of nitrogens with zero attached hydrogens (tertiary/aromatic N) is 3. The maximum atomic E-state index is 2.78. The van der Waals surface area contributed by atoms with Crippen molar-refractivity contribution in [2.75, 3.05) is 14.7 Å². The van der Waals surface area contributed by atoms with Crippen LogP contribution >= 0.6 is 11.3 Å². The van der Waals surface area contributed by atoms with E-state index in [4.69, 9.17) is 0 Å². The Morgan fingerprint density at radius 1 is 0.461 bits per heavy atom. The van der Waals surface area contributed by atoms with Crippen LogP contribution in [0.4, 0.5) is 45.5 Å². The lowest BCUT2D eigenvalue weighted by atomic mass is 9.33. The van der Waals surface area contributed by atoms with Gasteiger partial charge in [0.1, 0.15) is 0 Å². The monoisotopic (exact) mass is 1000 g/mol. The molecule has 1 aliphatic carbocycles. The fourth-order valence-corrected chi connectivity index (χ4v) is 15.2. The topological polar surface area (TPSA) is 9.72 Å². The van der Waals surface area contributed by atoms with E-state index in [1.165, 1.54) is 146 Å². The molecule has 5 heteroatoms. The van der Waals surface area contributed by atoms with Crippen molar-refractivity contribution < 1.29 is 0 Å². The normalized spacial score (nSPS) is 18.6. The summed E-state index contributed by atoms with van der Waals surface area (Å²) in [4.78, 5) is 8.06. The van der Waals surface area contributed by atoms with Crippen LogP contribution in [0.25, 0.3) is 42.4 Å². The molecule has 4 aliphatic rings. The summed E-state index contributed by atoms with van der Waals surface area (Å²) in [5.41, 5.74) is 24.2. The molecule has 1 fully saturated rings. The molecule has 1 aromatic heterocycles. The minimum absolute atomic E-state index is 0.0194. The van der Waals surface area contributed by atoms with Gasteiger partial charge in [0.2, 0.25) is 0 Å². The second-order valence-electron chi connectivity index (χ2n) is 25.0. The Morgan fingerprint density at radius 3 is 1.84 bits per heavy atom. The van der Waals surface area contributed by atoms with E-state index in [-0.39, 0.29) is 28.5 Å². The summed E-state index contributed by atoms with van der Waals surface area (Å²) in [6, 6.07) is 72.8. The fraction of sp³-hybridized carbons (Fsp3) is 0.239. The number of fused-ring (bicyclic) bond motifs is 10. The molecular formula is C71H66BN3S. The molecule has 1 saturated carbocycles. The minimum Gasteiger partial charge on any atom is -0.334 e. The van der Waals surface area contributed by atoms with E-state index in [2.05, 4.69) is 265 Å². The van der Waals surface area contributed by atoms with E-state index in [9.17, 15) is 0 Å². The van der Waals surface area contributed by atoms with E-state index in [1.54, 1.807) is 0 Å². The predicted octanol–water partition coefficient (Wildman–Crippen LogP) is 18.1. The smallest absolute Gasteiger partial charge is 0.252 e. The summed E-state index contributed by atoms with van der Waals surface area (Å²) >= 11 is 1.89. The third-order valence-electron chi connectivity index (χ3n) is 18.3. The second kappa shape index (κ2) is 16.8. The maximum Gasteiger partial charge on any atom is 0.252 e. The number of aryl methyl sites for hydroxylation is 1. The number of thiophene rings is 1. The Hall–Kier alpha value is -7.34. The Balaban J connectivity index is 1.05. The van der Waals surface area contributed by atoms with Gasteiger partial charge in [-0.15, -0.1) is 11.3 Å². The molecule has 0 bridgehead atoms. The largest absolute Gasteiger partial charge is 0.334 e. The highest BCUT2D eigenvalue weighted by Crippen LogP contribution is 2.62. The maximum absolute atomic E-state index is 2.78. The van der Waals surface area contributed by atoms with Gasteiger partial charge in [-0.2, -0.15) is 0 Å². The van der Waals surface area contributed by atoms with Crippen molar-refractivity contribution in [3.05, 3.63) is 210 Å². The average molecular weight is 1000 g/mol. The molecule has 10 aromatic rings. The van der Waals surface area contributed by atoms with Crippen LogP contribution in [0.15, 0.2) is 188 Å². The van der Waals surface area contributed by atoms with Gasteiger partial charge < -0.3 is 14.7 Å². The first kappa shape index (κ1) is 47.1. The molecule has 9 aromatic carbocycles. The molecule has 0 saturated heterocycles. The second-order valence-corrected chi connectivity index (χ2v) is 26.0. The minimum atomic E-state index is -0.120. The van der Waals surface area contributed by atoms with Crippen molar-refractivity contribution in [1.82, 2.24) is 0 Å². The number of hydrogen-bond donors (Lipinski definition) is 0. The summed E-state index contributed by atoms with van der Waals surface area (Å²) in [6.07, 6.45) is 4.77. The van der Waals surface area contributed by atoms with Crippen molar-refractivity contribution in [3.63, 3.8) is 0 Å². The molecule has 3 aliphatic heterocycles. The van der Waals surface area contributed by atoms with Gasteiger partial charge in [0.05, 0.1) is 11.2 Å². The van der Waals surface area contributed by atoms with Gasteiger partial charge in [0.15, 0.2) is 0 Å². The average Bonchev–Trinajstić information content (AvgIpc) is 4.07. The van der Waals surface area contributed by atoms with Gasteiger partial charge in [-0.3, -0.25) is 0 Å². The summed E-state index contributed by atoms with van der Waals surface area (Å²) in [6.45, 7) is 21.5. The van der Waals surface area contributed by atoms with E-state index in [0.29, 0.717) is 0 Å². The van der Waals surface area contributed by atoms with Crippen LogP contribution in [0, 0.1) is 6.92 Å². The van der Waals surface area contributed by atoms with Crippen molar-refractivity contribution in [2.45, 2.75) is 110 Å². The van der Waals surface area contributed by atoms with Gasteiger partial charge >= 0.3 is 0 Å². The third kappa shape index (κ3) is 7.00. The Bertz CT molecular complexity index is 3990. The zero-order chi connectivity index (χ0) is 52.0. The van der Waals surface area contributed by atoms with Crippen LogP contribution in [0.5, 0.6) is 0 Å². The van der Waals surface area contributed by atoms with Gasteiger partial charge in [0, 0.05) is 71.0 Å². The predicted molar refractivity (Wildman–Crippen MR) is 329 cm³/mol. The van der Waals surface area contributed by atoms with Crippen LogP contribution in [0.2, 0.25) is 0 Å². The van der Waals surface area contributed by atoms with Crippen molar-refractivity contribution >= 4 is 100 Å². The molecule has 14 rings (SSSR count). The highest BCUT2D eigenvalue weighted by molar-refractivity contribution is 7.25. The molecule has 0 N–H and O–H groups in total. The highest BCUT2D eigenvalue weighted by atomic mass is 32.1. The van der Waals surface area contributed by atoms with Gasteiger partial charge in [0.25, 0.3) is 6.71 Å².